The molecule has 100 valence electrons. The maximum absolute atomic E-state index is 11.9. The van der Waals surface area contributed by atoms with Crippen molar-refractivity contribution in [2.24, 2.45) is 12.5 Å². The molecule has 0 bridgehead atoms. The average Bonchev–Trinajstić information content (AvgIpc) is 2.74. The number of aromatic nitrogens is 2. The number of carbonyl (C=O) groups excluding carboxylic acids is 1. The van der Waals surface area contributed by atoms with Gasteiger partial charge in [-0.05, 0) is 26.3 Å². The molecule has 5 heteroatoms. The number of piperidine rings is 1. The summed E-state index contributed by atoms with van der Waals surface area (Å²) in [5.41, 5.74) is -0.266. The van der Waals surface area contributed by atoms with Crippen molar-refractivity contribution < 1.29 is 4.79 Å². The molecule has 1 N–H and O–H groups in total. The largest absolute Gasteiger partial charge is 0.359 e. The summed E-state index contributed by atoms with van der Waals surface area (Å²) in [5.74, 6) is 1.20. The fourth-order valence-electron chi connectivity index (χ4n) is 2.72. The first-order chi connectivity index (χ1) is 8.55. The molecule has 1 aliphatic rings. The molecule has 0 aromatic carbocycles. The van der Waals surface area contributed by atoms with Crippen LogP contribution >= 0.6 is 0 Å². The molecule has 0 saturated carbocycles. The summed E-state index contributed by atoms with van der Waals surface area (Å²) in [6, 6.07) is 0. The fourth-order valence-corrected chi connectivity index (χ4v) is 2.72. The lowest BCUT2D eigenvalue weighted by molar-refractivity contribution is -0.132. The van der Waals surface area contributed by atoms with Gasteiger partial charge < -0.3 is 9.88 Å². The topological polar surface area (TPSA) is 50.2 Å². The number of hydrogen-bond donors (Lipinski definition) is 1. The Balaban J connectivity index is 2.03. The molecular weight excluding hydrogens is 228 g/mol. The van der Waals surface area contributed by atoms with Gasteiger partial charge in [0.1, 0.15) is 5.82 Å². The summed E-state index contributed by atoms with van der Waals surface area (Å²) >= 11 is 0. The Hall–Kier alpha value is -1.36. The van der Waals surface area contributed by atoms with Crippen LogP contribution < -0.4 is 5.32 Å². The number of rotatable bonds is 3. The minimum absolute atomic E-state index is 0.145. The Bertz CT molecular complexity index is 428. The molecule has 18 heavy (non-hydrogen) atoms. The highest BCUT2D eigenvalue weighted by atomic mass is 16.2. The fraction of sp³-hybridized carbons (Fsp3) is 0.692. The Morgan fingerprint density at radius 1 is 1.61 bits per heavy atom. The van der Waals surface area contributed by atoms with E-state index in [0.29, 0.717) is 0 Å². The molecule has 0 aliphatic carbocycles. The number of nitrogens with zero attached hydrogens (tertiary/aromatic N) is 3. The van der Waals surface area contributed by atoms with Crippen LogP contribution in [0.2, 0.25) is 0 Å². The van der Waals surface area contributed by atoms with Crippen LogP contribution in [-0.4, -0.2) is 40.5 Å². The van der Waals surface area contributed by atoms with Gasteiger partial charge in [-0.3, -0.25) is 9.69 Å². The van der Waals surface area contributed by atoms with Gasteiger partial charge in [0.05, 0.1) is 12.0 Å². The van der Waals surface area contributed by atoms with Crippen molar-refractivity contribution in [1.29, 1.82) is 0 Å². The van der Waals surface area contributed by atoms with Gasteiger partial charge in [-0.15, -0.1) is 0 Å². The maximum atomic E-state index is 11.9. The molecule has 1 atom stereocenters. The molecular formula is C13H22N4O. The standard InChI is InChI=1S/C13H22N4O/c1-13(12(18)14-2)5-4-7-17(10-13)9-11-15-6-8-16(11)3/h6,8H,4-5,7,9-10H2,1-3H3,(H,14,18). The van der Waals surface area contributed by atoms with E-state index >= 15 is 0 Å². The van der Waals surface area contributed by atoms with Crippen molar-refractivity contribution in [3.63, 3.8) is 0 Å². The summed E-state index contributed by atoms with van der Waals surface area (Å²) < 4.78 is 2.03. The zero-order chi connectivity index (χ0) is 13.2. The van der Waals surface area contributed by atoms with Gasteiger partial charge in [0.15, 0.2) is 0 Å². The van der Waals surface area contributed by atoms with Crippen molar-refractivity contribution in [3.8, 4) is 0 Å². The molecule has 1 saturated heterocycles. The van der Waals surface area contributed by atoms with E-state index in [0.717, 1.165) is 38.3 Å². The van der Waals surface area contributed by atoms with E-state index in [1.165, 1.54) is 0 Å². The number of nitrogens with one attached hydrogen (secondary N) is 1. The number of hydrogen-bond acceptors (Lipinski definition) is 3. The molecule has 1 unspecified atom stereocenters. The van der Waals surface area contributed by atoms with Crippen LogP contribution in [0.25, 0.3) is 0 Å². The van der Waals surface area contributed by atoms with Crippen molar-refractivity contribution in [2.45, 2.75) is 26.3 Å². The highest BCUT2D eigenvalue weighted by molar-refractivity contribution is 5.82. The zero-order valence-corrected chi connectivity index (χ0v) is 11.4. The SMILES string of the molecule is CNC(=O)C1(C)CCCN(Cc2nccn2C)C1. The molecule has 2 rings (SSSR count). The molecule has 0 radical (unpaired) electrons. The molecule has 2 heterocycles. The third-order valence-electron chi connectivity index (χ3n) is 3.84. The predicted octanol–water partition coefficient (Wildman–Crippen LogP) is 0.768. The normalized spacial score (nSPS) is 25.1. The number of aryl methyl sites for hydroxylation is 1. The Labute approximate surface area is 108 Å². The number of carbonyl (C=O) groups is 1. The van der Waals surface area contributed by atoms with Crippen molar-refractivity contribution in [3.05, 3.63) is 18.2 Å². The van der Waals surface area contributed by atoms with Gasteiger partial charge in [-0.1, -0.05) is 0 Å². The number of amides is 1. The van der Waals surface area contributed by atoms with E-state index in [1.807, 2.05) is 24.0 Å². The van der Waals surface area contributed by atoms with E-state index in [9.17, 15) is 4.79 Å². The van der Waals surface area contributed by atoms with Crippen LogP contribution in [0.15, 0.2) is 12.4 Å². The quantitative estimate of drug-likeness (QED) is 0.862. The Kier molecular flexibility index (Phi) is 3.71. The van der Waals surface area contributed by atoms with Crippen LogP contribution in [0.3, 0.4) is 0 Å². The summed E-state index contributed by atoms with van der Waals surface area (Å²) in [6.45, 7) is 4.71. The second-order valence-electron chi connectivity index (χ2n) is 5.41. The van der Waals surface area contributed by atoms with E-state index in [-0.39, 0.29) is 11.3 Å². The van der Waals surface area contributed by atoms with E-state index in [2.05, 4.69) is 22.1 Å². The van der Waals surface area contributed by atoms with E-state index in [1.54, 1.807) is 7.05 Å². The first-order valence-corrected chi connectivity index (χ1v) is 6.46. The molecule has 1 aromatic heterocycles. The van der Waals surface area contributed by atoms with Crippen LogP contribution in [0.5, 0.6) is 0 Å². The first-order valence-electron chi connectivity index (χ1n) is 6.46. The molecule has 0 spiro atoms. The zero-order valence-electron chi connectivity index (χ0n) is 11.4. The lowest BCUT2D eigenvalue weighted by Gasteiger charge is -2.38. The maximum Gasteiger partial charge on any atom is 0.226 e. The second-order valence-corrected chi connectivity index (χ2v) is 5.41. The van der Waals surface area contributed by atoms with Crippen LogP contribution in [0.4, 0.5) is 0 Å². The number of likely N-dealkylation sites (tertiary alicyclic amines) is 1. The van der Waals surface area contributed by atoms with E-state index < -0.39 is 0 Å². The molecule has 5 nitrogen and oxygen atoms in total. The van der Waals surface area contributed by atoms with Crippen molar-refractivity contribution >= 4 is 5.91 Å². The van der Waals surface area contributed by atoms with Crippen molar-refractivity contribution in [2.75, 3.05) is 20.1 Å². The monoisotopic (exact) mass is 250 g/mol. The highest BCUT2D eigenvalue weighted by Crippen LogP contribution is 2.30. The lowest BCUT2D eigenvalue weighted by atomic mass is 9.81. The van der Waals surface area contributed by atoms with Gasteiger partial charge in [0, 0.05) is 33.0 Å². The van der Waals surface area contributed by atoms with Gasteiger partial charge >= 0.3 is 0 Å². The average molecular weight is 250 g/mol. The molecule has 1 aliphatic heterocycles. The van der Waals surface area contributed by atoms with Gasteiger partial charge in [-0.25, -0.2) is 4.98 Å². The van der Waals surface area contributed by atoms with Gasteiger partial charge in [-0.2, -0.15) is 0 Å². The molecule has 1 aromatic rings. The summed E-state index contributed by atoms with van der Waals surface area (Å²) in [7, 11) is 3.72. The van der Waals surface area contributed by atoms with Crippen LogP contribution in [0.1, 0.15) is 25.6 Å². The number of imidazole rings is 1. The summed E-state index contributed by atoms with van der Waals surface area (Å²) in [6.07, 6.45) is 5.80. The molecule has 1 fully saturated rings. The molecule has 1 amide bonds. The van der Waals surface area contributed by atoms with E-state index in [4.69, 9.17) is 0 Å². The third-order valence-corrected chi connectivity index (χ3v) is 3.84. The first kappa shape index (κ1) is 13.1. The van der Waals surface area contributed by atoms with Gasteiger partial charge in [0.25, 0.3) is 0 Å². The Morgan fingerprint density at radius 2 is 2.39 bits per heavy atom. The van der Waals surface area contributed by atoms with Crippen molar-refractivity contribution in [1.82, 2.24) is 19.8 Å². The smallest absolute Gasteiger partial charge is 0.226 e. The van der Waals surface area contributed by atoms with Crippen LogP contribution in [0, 0.1) is 5.41 Å². The minimum Gasteiger partial charge on any atom is -0.359 e. The Morgan fingerprint density at radius 3 is 3.00 bits per heavy atom. The third kappa shape index (κ3) is 2.56. The summed E-state index contributed by atoms with van der Waals surface area (Å²) in [4.78, 5) is 18.6. The predicted molar refractivity (Wildman–Crippen MR) is 69.9 cm³/mol. The van der Waals surface area contributed by atoms with Crippen LogP contribution in [-0.2, 0) is 18.4 Å². The summed E-state index contributed by atoms with van der Waals surface area (Å²) in [5, 5.41) is 2.78. The minimum atomic E-state index is -0.266. The second kappa shape index (κ2) is 5.10. The lowest BCUT2D eigenvalue weighted by Crippen LogP contribution is -2.49. The van der Waals surface area contributed by atoms with Gasteiger partial charge in [0.2, 0.25) is 5.91 Å². The highest BCUT2D eigenvalue weighted by Gasteiger charge is 2.37.